The average molecular weight is 378 g/mol. The number of benzene rings is 1. The number of amides is 1. The smallest absolute Gasteiger partial charge is 0.252 e. The van der Waals surface area contributed by atoms with Crippen LogP contribution in [0.15, 0.2) is 41.0 Å². The molecular formula is C17H17BrFN3O. The van der Waals surface area contributed by atoms with Crippen LogP contribution in [0.2, 0.25) is 0 Å². The Balaban J connectivity index is 1.60. The van der Waals surface area contributed by atoms with Crippen molar-refractivity contribution in [3.05, 3.63) is 57.9 Å². The fraction of sp³-hybridized carbons (Fsp3) is 0.294. The fourth-order valence-electron chi connectivity index (χ4n) is 2.61. The van der Waals surface area contributed by atoms with Gasteiger partial charge in [0.25, 0.3) is 5.91 Å². The zero-order chi connectivity index (χ0) is 16.2. The molecule has 2 aromatic rings. The molecule has 23 heavy (non-hydrogen) atoms. The molecule has 0 radical (unpaired) electrons. The molecule has 4 nitrogen and oxygen atoms in total. The second-order valence-electron chi connectivity index (χ2n) is 5.53. The predicted octanol–water partition coefficient (Wildman–Crippen LogP) is 3.51. The summed E-state index contributed by atoms with van der Waals surface area (Å²) in [5, 5.41) is 2.82. The summed E-state index contributed by atoms with van der Waals surface area (Å²) < 4.78 is 13.5. The Labute approximate surface area is 142 Å². The summed E-state index contributed by atoms with van der Waals surface area (Å²) in [5.41, 5.74) is 1.34. The molecule has 3 rings (SSSR count). The van der Waals surface area contributed by atoms with E-state index in [0.29, 0.717) is 16.6 Å². The summed E-state index contributed by atoms with van der Waals surface area (Å²) in [6.07, 6.45) is 4.21. The number of nitrogens with zero attached hydrogens (tertiary/aromatic N) is 2. The summed E-state index contributed by atoms with van der Waals surface area (Å²) in [5.74, 6) is 0.356. The van der Waals surface area contributed by atoms with Crippen LogP contribution in [-0.2, 0) is 6.54 Å². The molecule has 120 valence electrons. The van der Waals surface area contributed by atoms with Crippen LogP contribution in [-0.4, -0.2) is 24.0 Å². The number of carbonyl (C=O) groups is 1. The third kappa shape index (κ3) is 3.88. The van der Waals surface area contributed by atoms with Crippen molar-refractivity contribution in [2.24, 2.45) is 0 Å². The second-order valence-corrected chi connectivity index (χ2v) is 6.38. The van der Waals surface area contributed by atoms with Gasteiger partial charge in [-0.25, -0.2) is 9.37 Å². The second kappa shape index (κ2) is 7.08. The lowest BCUT2D eigenvalue weighted by atomic mass is 10.2. The number of anilines is 1. The molecule has 1 saturated heterocycles. The fourth-order valence-corrected chi connectivity index (χ4v) is 3.14. The van der Waals surface area contributed by atoms with Crippen molar-refractivity contribution in [1.82, 2.24) is 10.3 Å². The van der Waals surface area contributed by atoms with E-state index in [4.69, 9.17) is 0 Å². The average Bonchev–Trinajstić information content (AvgIpc) is 3.07. The number of carbonyl (C=O) groups excluding carboxylic acids is 1. The number of hydrogen-bond donors (Lipinski definition) is 1. The first-order valence-corrected chi connectivity index (χ1v) is 8.36. The molecule has 1 aromatic carbocycles. The van der Waals surface area contributed by atoms with E-state index in [1.807, 2.05) is 12.1 Å². The van der Waals surface area contributed by atoms with Crippen molar-refractivity contribution < 1.29 is 9.18 Å². The topological polar surface area (TPSA) is 45.2 Å². The number of hydrogen-bond acceptors (Lipinski definition) is 3. The van der Waals surface area contributed by atoms with Gasteiger partial charge >= 0.3 is 0 Å². The molecule has 2 heterocycles. The summed E-state index contributed by atoms with van der Waals surface area (Å²) in [4.78, 5) is 18.9. The van der Waals surface area contributed by atoms with Crippen molar-refractivity contribution in [3.8, 4) is 0 Å². The van der Waals surface area contributed by atoms with Crippen LogP contribution >= 0.6 is 15.9 Å². The first-order chi connectivity index (χ1) is 11.1. The quantitative estimate of drug-likeness (QED) is 0.886. The van der Waals surface area contributed by atoms with Crippen LogP contribution in [0.5, 0.6) is 0 Å². The first kappa shape index (κ1) is 15.9. The van der Waals surface area contributed by atoms with Crippen LogP contribution in [0, 0.1) is 5.82 Å². The lowest BCUT2D eigenvalue weighted by Crippen LogP contribution is -2.23. The van der Waals surface area contributed by atoms with Gasteiger partial charge in [-0.2, -0.15) is 0 Å². The molecule has 0 spiro atoms. The van der Waals surface area contributed by atoms with E-state index in [-0.39, 0.29) is 11.7 Å². The van der Waals surface area contributed by atoms with Crippen LogP contribution < -0.4 is 10.2 Å². The van der Waals surface area contributed by atoms with Crippen molar-refractivity contribution in [1.29, 1.82) is 0 Å². The Bertz CT molecular complexity index is 699. The molecule has 6 heteroatoms. The molecule has 1 N–H and O–H groups in total. The zero-order valence-corrected chi connectivity index (χ0v) is 14.1. The van der Waals surface area contributed by atoms with Gasteiger partial charge in [0.2, 0.25) is 0 Å². The SMILES string of the molecule is O=C(NCc1ccc(N2CCCC2)nc1)c1ccc(F)cc1Br. The van der Waals surface area contributed by atoms with Crippen molar-refractivity contribution in [2.75, 3.05) is 18.0 Å². The Kier molecular flexibility index (Phi) is 4.91. The minimum absolute atomic E-state index is 0.250. The van der Waals surface area contributed by atoms with Gasteiger partial charge in [0.05, 0.1) is 5.56 Å². The summed E-state index contributed by atoms with van der Waals surface area (Å²) in [6.45, 7) is 2.50. The molecule has 1 amide bonds. The van der Waals surface area contributed by atoms with Crippen LogP contribution in [0.4, 0.5) is 10.2 Å². The molecule has 1 aromatic heterocycles. The van der Waals surface area contributed by atoms with Crippen molar-refractivity contribution >= 4 is 27.7 Å². The Hall–Kier alpha value is -1.95. The highest BCUT2D eigenvalue weighted by Gasteiger charge is 2.13. The maximum atomic E-state index is 13.1. The standard InChI is InChI=1S/C17H17BrFN3O/c18-15-9-13(19)4-5-14(15)17(23)21-11-12-3-6-16(20-10-12)22-7-1-2-8-22/h3-6,9-10H,1-2,7-8,11H2,(H,21,23). The van der Waals surface area contributed by atoms with E-state index in [1.165, 1.54) is 31.0 Å². The number of pyridine rings is 1. The molecule has 1 aliphatic rings. The number of halogens is 2. The Morgan fingerprint density at radius 2 is 2.04 bits per heavy atom. The van der Waals surface area contributed by atoms with Gasteiger partial charge in [-0.15, -0.1) is 0 Å². The van der Waals surface area contributed by atoms with Gasteiger partial charge in [-0.05, 0) is 58.6 Å². The van der Waals surface area contributed by atoms with Gasteiger partial charge in [-0.3, -0.25) is 4.79 Å². The summed E-state index contributed by atoms with van der Waals surface area (Å²) in [6, 6.07) is 7.97. The first-order valence-electron chi connectivity index (χ1n) is 7.56. The van der Waals surface area contributed by atoms with E-state index < -0.39 is 0 Å². The minimum atomic E-state index is -0.380. The lowest BCUT2D eigenvalue weighted by molar-refractivity contribution is 0.0950. The van der Waals surface area contributed by atoms with Gasteiger partial charge < -0.3 is 10.2 Å². The van der Waals surface area contributed by atoms with E-state index >= 15 is 0 Å². The van der Waals surface area contributed by atoms with E-state index in [9.17, 15) is 9.18 Å². The molecule has 1 fully saturated rings. The number of aromatic nitrogens is 1. The highest BCUT2D eigenvalue weighted by molar-refractivity contribution is 9.10. The van der Waals surface area contributed by atoms with Gasteiger partial charge in [0.15, 0.2) is 0 Å². The number of rotatable bonds is 4. The summed E-state index contributed by atoms with van der Waals surface area (Å²) in [7, 11) is 0. The minimum Gasteiger partial charge on any atom is -0.357 e. The summed E-state index contributed by atoms with van der Waals surface area (Å²) >= 11 is 3.20. The van der Waals surface area contributed by atoms with Gasteiger partial charge in [0, 0.05) is 30.3 Å². The normalized spacial score (nSPS) is 14.1. The maximum absolute atomic E-state index is 13.1. The molecule has 0 unspecified atom stereocenters. The largest absolute Gasteiger partial charge is 0.357 e. The molecule has 0 bridgehead atoms. The van der Waals surface area contributed by atoms with E-state index in [1.54, 1.807) is 6.20 Å². The Morgan fingerprint density at radius 3 is 2.70 bits per heavy atom. The predicted molar refractivity (Wildman–Crippen MR) is 91.0 cm³/mol. The van der Waals surface area contributed by atoms with Crippen molar-refractivity contribution in [2.45, 2.75) is 19.4 Å². The van der Waals surface area contributed by atoms with Gasteiger partial charge in [-0.1, -0.05) is 6.07 Å². The van der Waals surface area contributed by atoms with Crippen LogP contribution in [0.1, 0.15) is 28.8 Å². The van der Waals surface area contributed by atoms with Crippen LogP contribution in [0.25, 0.3) is 0 Å². The highest BCUT2D eigenvalue weighted by Crippen LogP contribution is 2.19. The van der Waals surface area contributed by atoms with Crippen molar-refractivity contribution in [3.63, 3.8) is 0 Å². The third-order valence-corrected chi connectivity index (χ3v) is 4.52. The van der Waals surface area contributed by atoms with Gasteiger partial charge in [0.1, 0.15) is 11.6 Å². The monoisotopic (exact) mass is 377 g/mol. The third-order valence-electron chi connectivity index (χ3n) is 3.87. The molecule has 0 atom stereocenters. The highest BCUT2D eigenvalue weighted by atomic mass is 79.9. The lowest BCUT2D eigenvalue weighted by Gasteiger charge is -2.16. The molecular weight excluding hydrogens is 361 g/mol. The van der Waals surface area contributed by atoms with E-state index in [0.717, 1.165) is 24.5 Å². The zero-order valence-electron chi connectivity index (χ0n) is 12.6. The van der Waals surface area contributed by atoms with E-state index in [2.05, 4.69) is 31.1 Å². The van der Waals surface area contributed by atoms with Crippen LogP contribution in [0.3, 0.4) is 0 Å². The maximum Gasteiger partial charge on any atom is 0.252 e. The molecule has 0 saturated carbocycles. The Morgan fingerprint density at radius 1 is 1.26 bits per heavy atom. The molecule has 0 aliphatic carbocycles. The number of nitrogens with one attached hydrogen (secondary N) is 1. The molecule has 1 aliphatic heterocycles.